The van der Waals surface area contributed by atoms with Crippen LogP contribution >= 0.6 is 0 Å². The molecule has 5 N–H and O–H groups in total. The molecule has 102 valence electrons. The van der Waals surface area contributed by atoms with Crippen LogP contribution < -0.4 is 16.8 Å². The molecule has 0 bridgehead atoms. The lowest BCUT2D eigenvalue weighted by atomic mass is 9.88. The first-order valence-electron chi connectivity index (χ1n) is 6.67. The topological polar surface area (TPSA) is 81.1 Å². The van der Waals surface area contributed by atoms with Crippen molar-refractivity contribution in [1.29, 1.82) is 0 Å². The molecule has 0 aromatic carbocycles. The molecule has 4 heteroatoms. The summed E-state index contributed by atoms with van der Waals surface area (Å²) in [5.74, 6) is 0.452. The summed E-state index contributed by atoms with van der Waals surface area (Å²) < 4.78 is 0. The molecular formula is C13H29N3O. The largest absolute Gasteiger partial charge is 0.349 e. The fourth-order valence-corrected chi connectivity index (χ4v) is 1.60. The van der Waals surface area contributed by atoms with Gasteiger partial charge in [-0.1, -0.05) is 26.7 Å². The van der Waals surface area contributed by atoms with Crippen molar-refractivity contribution >= 4 is 5.91 Å². The lowest BCUT2D eigenvalue weighted by molar-refractivity contribution is -0.123. The Morgan fingerprint density at radius 3 is 2.24 bits per heavy atom. The smallest absolute Gasteiger partial charge is 0.220 e. The minimum atomic E-state index is -0.283. The number of nitrogens with one attached hydrogen (secondary N) is 1. The van der Waals surface area contributed by atoms with E-state index in [4.69, 9.17) is 11.5 Å². The summed E-state index contributed by atoms with van der Waals surface area (Å²) in [6, 6.07) is 0. The highest BCUT2D eigenvalue weighted by Crippen LogP contribution is 2.15. The maximum Gasteiger partial charge on any atom is 0.220 e. The zero-order valence-electron chi connectivity index (χ0n) is 11.6. The van der Waals surface area contributed by atoms with Crippen molar-refractivity contribution in [2.24, 2.45) is 17.4 Å². The number of carbonyl (C=O) groups excluding carboxylic acids is 1. The molecule has 0 aromatic heterocycles. The van der Waals surface area contributed by atoms with Gasteiger partial charge in [0.2, 0.25) is 5.91 Å². The highest BCUT2D eigenvalue weighted by atomic mass is 16.1. The van der Waals surface area contributed by atoms with E-state index in [1.54, 1.807) is 0 Å². The van der Waals surface area contributed by atoms with Gasteiger partial charge in [0.1, 0.15) is 0 Å². The SMILES string of the molecule is CC(C)C(C)(CN)NC(=O)CCCCCCN. The van der Waals surface area contributed by atoms with Crippen LogP contribution in [0.25, 0.3) is 0 Å². The van der Waals surface area contributed by atoms with E-state index in [0.29, 0.717) is 18.9 Å². The Hall–Kier alpha value is -0.610. The molecule has 1 unspecified atom stereocenters. The summed E-state index contributed by atoms with van der Waals surface area (Å²) in [7, 11) is 0. The molecule has 0 saturated heterocycles. The summed E-state index contributed by atoms with van der Waals surface area (Å²) in [4.78, 5) is 11.8. The predicted molar refractivity (Wildman–Crippen MR) is 72.6 cm³/mol. The minimum absolute atomic E-state index is 0.111. The van der Waals surface area contributed by atoms with Gasteiger partial charge in [0, 0.05) is 13.0 Å². The third kappa shape index (κ3) is 6.64. The lowest BCUT2D eigenvalue weighted by Gasteiger charge is -2.33. The highest BCUT2D eigenvalue weighted by molar-refractivity contribution is 5.76. The molecule has 4 nitrogen and oxygen atoms in total. The van der Waals surface area contributed by atoms with E-state index >= 15 is 0 Å². The average Bonchev–Trinajstić information content (AvgIpc) is 2.28. The molecule has 1 amide bonds. The number of hydrogen-bond donors (Lipinski definition) is 3. The standard InChI is InChI=1S/C13H29N3O/c1-11(2)13(3,10-15)16-12(17)8-6-4-5-7-9-14/h11H,4-10,14-15H2,1-3H3,(H,16,17). The normalized spacial score (nSPS) is 14.7. The van der Waals surface area contributed by atoms with E-state index in [2.05, 4.69) is 19.2 Å². The Labute approximate surface area is 106 Å². The fraction of sp³-hybridized carbons (Fsp3) is 0.923. The van der Waals surface area contributed by atoms with E-state index in [1.165, 1.54) is 0 Å². The van der Waals surface area contributed by atoms with Crippen molar-refractivity contribution in [3.63, 3.8) is 0 Å². The number of carbonyl (C=O) groups is 1. The molecule has 0 heterocycles. The first kappa shape index (κ1) is 16.4. The summed E-state index contributed by atoms with van der Waals surface area (Å²) in [5.41, 5.74) is 10.9. The van der Waals surface area contributed by atoms with E-state index in [9.17, 15) is 4.79 Å². The van der Waals surface area contributed by atoms with Crippen LogP contribution in [-0.2, 0) is 4.79 Å². The number of hydrogen-bond acceptors (Lipinski definition) is 3. The van der Waals surface area contributed by atoms with Crippen LogP contribution in [0.3, 0.4) is 0 Å². The summed E-state index contributed by atoms with van der Waals surface area (Å²) >= 11 is 0. The van der Waals surface area contributed by atoms with Gasteiger partial charge in [0.25, 0.3) is 0 Å². The molecule has 0 fully saturated rings. The molecule has 0 radical (unpaired) electrons. The van der Waals surface area contributed by atoms with Crippen LogP contribution in [0.5, 0.6) is 0 Å². The predicted octanol–water partition coefficient (Wildman–Crippen LogP) is 1.39. The lowest BCUT2D eigenvalue weighted by Crippen LogP contribution is -2.54. The maximum absolute atomic E-state index is 11.8. The molecule has 1 atom stereocenters. The zero-order valence-corrected chi connectivity index (χ0v) is 11.6. The second-order valence-corrected chi connectivity index (χ2v) is 5.28. The van der Waals surface area contributed by atoms with Gasteiger partial charge >= 0.3 is 0 Å². The highest BCUT2D eigenvalue weighted by Gasteiger charge is 2.27. The van der Waals surface area contributed by atoms with Crippen molar-refractivity contribution in [3.8, 4) is 0 Å². The maximum atomic E-state index is 11.8. The van der Waals surface area contributed by atoms with Gasteiger partial charge in [-0.2, -0.15) is 0 Å². The number of unbranched alkanes of at least 4 members (excludes halogenated alkanes) is 3. The Kier molecular flexibility index (Phi) is 8.17. The quantitative estimate of drug-likeness (QED) is 0.535. The Bertz CT molecular complexity index is 219. The van der Waals surface area contributed by atoms with Gasteiger partial charge in [0.15, 0.2) is 0 Å². The van der Waals surface area contributed by atoms with Crippen LogP contribution in [0.15, 0.2) is 0 Å². The Balaban J connectivity index is 3.84. The second-order valence-electron chi connectivity index (χ2n) is 5.28. The summed E-state index contributed by atoms with van der Waals surface area (Å²) in [5, 5.41) is 3.04. The van der Waals surface area contributed by atoms with Crippen LogP contribution in [0.2, 0.25) is 0 Å². The monoisotopic (exact) mass is 243 g/mol. The molecular weight excluding hydrogens is 214 g/mol. The number of rotatable bonds is 9. The molecule has 0 aliphatic heterocycles. The van der Waals surface area contributed by atoms with Crippen LogP contribution in [0.4, 0.5) is 0 Å². The molecule has 0 aliphatic carbocycles. The van der Waals surface area contributed by atoms with Gasteiger partial charge < -0.3 is 16.8 Å². The second kappa shape index (κ2) is 8.48. The van der Waals surface area contributed by atoms with Crippen molar-refractivity contribution in [3.05, 3.63) is 0 Å². The van der Waals surface area contributed by atoms with Crippen molar-refractivity contribution in [2.45, 2.75) is 58.4 Å². The van der Waals surface area contributed by atoms with Crippen molar-refractivity contribution in [1.82, 2.24) is 5.32 Å². The van der Waals surface area contributed by atoms with Crippen LogP contribution in [-0.4, -0.2) is 24.5 Å². The van der Waals surface area contributed by atoms with Gasteiger partial charge in [0.05, 0.1) is 5.54 Å². The Morgan fingerprint density at radius 2 is 1.76 bits per heavy atom. The van der Waals surface area contributed by atoms with Gasteiger partial charge in [-0.3, -0.25) is 4.79 Å². The van der Waals surface area contributed by atoms with Gasteiger partial charge in [-0.25, -0.2) is 0 Å². The first-order valence-corrected chi connectivity index (χ1v) is 6.67. The van der Waals surface area contributed by atoms with Crippen molar-refractivity contribution < 1.29 is 4.79 Å². The van der Waals surface area contributed by atoms with E-state index in [1.807, 2.05) is 6.92 Å². The molecule has 17 heavy (non-hydrogen) atoms. The average molecular weight is 243 g/mol. The minimum Gasteiger partial charge on any atom is -0.349 e. The number of nitrogens with two attached hydrogens (primary N) is 2. The van der Waals surface area contributed by atoms with Gasteiger partial charge in [-0.05, 0) is 32.2 Å². The summed E-state index contributed by atoms with van der Waals surface area (Å²) in [6.45, 7) is 7.38. The number of amides is 1. The van der Waals surface area contributed by atoms with E-state index in [-0.39, 0.29) is 11.4 Å². The molecule has 0 saturated carbocycles. The first-order chi connectivity index (χ1) is 7.96. The zero-order chi connectivity index (χ0) is 13.3. The van der Waals surface area contributed by atoms with Crippen LogP contribution in [0, 0.1) is 5.92 Å². The molecule has 0 spiro atoms. The summed E-state index contributed by atoms with van der Waals surface area (Å²) in [6.07, 6.45) is 4.76. The fourth-order valence-electron chi connectivity index (χ4n) is 1.60. The van der Waals surface area contributed by atoms with Crippen LogP contribution in [0.1, 0.15) is 52.9 Å². The third-order valence-electron chi connectivity index (χ3n) is 3.48. The molecule has 0 aromatic rings. The van der Waals surface area contributed by atoms with Gasteiger partial charge in [-0.15, -0.1) is 0 Å². The van der Waals surface area contributed by atoms with Crippen molar-refractivity contribution in [2.75, 3.05) is 13.1 Å². The molecule has 0 aliphatic rings. The van der Waals surface area contributed by atoms with E-state index < -0.39 is 0 Å². The third-order valence-corrected chi connectivity index (χ3v) is 3.48. The Morgan fingerprint density at radius 1 is 1.18 bits per heavy atom. The molecule has 0 rings (SSSR count). The van der Waals surface area contributed by atoms with E-state index in [0.717, 1.165) is 32.2 Å².